The molecule has 0 aliphatic carbocycles. The number of nitrogens with zero attached hydrogens (tertiary/aromatic N) is 1. The SMILES string of the molecule is CCN(c1ccccc1)S(=O)(=O)c1ccc(Cl)c(NC(=O)CSCc2ccccc2)c1. The molecular formula is C23H23ClN2O3S2. The summed E-state index contributed by atoms with van der Waals surface area (Å²) >= 11 is 7.69. The number of nitrogens with one attached hydrogen (secondary N) is 1. The van der Waals surface area contributed by atoms with Crippen LogP contribution >= 0.6 is 23.4 Å². The zero-order valence-corrected chi connectivity index (χ0v) is 19.4. The molecule has 0 saturated carbocycles. The van der Waals surface area contributed by atoms with Crippen molar-refractivity contribution in [3.05, 3.63) is 89.4 Å². The summed E-state index contributed by atoms with van der Waals surface area (Å²) in [6, 6.07) is 23.1. The van der Waals surface area contributed by atoms with Crippen molar-refractivity contribution in [1.29, 1.82) is 0 Å². The van der Waals surface area contributed by atoms with Crippen molar-refractivity contribution < 1.29 is 13.2 Å². The molecule has 0 aliphatic heterocycles. The number of rotatable bonds is 9. The van der Waals surface area contributed by atoms with Gasteiger partial charge in [-0.2, -0.15) is 0 Å². The zero-order chi connectivity index (χ0) is 22.3. The minimum Gasteiger partial charge on any atom is -0.324 e. The highest BCUT2D eigenvalue weighted by molar-refractivity contribution is 7.99. The van der Waals surface area contributed by atoms with E-state index in [4.69, 9.17) is 11.6 Å². The van der Waals surface area contributed by atoms with Gasteiger partial charge in [-0.1, -0.05) is 60.1 Å². The van der Waals surface area contributed by atoms with Gasteiger partial charge in [0.2, 0.25) is 5.91 Å². The van der Waals surface area contributed by atoms with Crippen LogP contribution in [-0.4, -0.2) is 26.6 Å². The quantitative estimate of drug-likeness (QED) is 0.449. The van der Waals surface area contributed by atoms with Gasteiger partial charge >= 0.3 is 0 Å². The molecule has 162 valence electrons. The number of amides is 1. The fraction of sp³-hybridized carbons (Fsp3) is 0.174. The Morgan fingerprint density at radius 1 is 1.00 bits per heavy atom. The topological polar surface area (TPSA) is 66.5 Å². The Kier molecular flexibility index (Phi) is 8.01. The highest BCUT2D eigenvalue weighted by atomic mass is 35.5. The van der Waals surface area contributed by atoms with E-state index in [1.165, 1.54) is 34.3 Å². The maximum atomic E-state index is 13.2. The summed E-state index contributed by atoms with van der Waals surface area (Å²) in [5.41, 5.74) is 1.98. The fourth-order valence-electron chi connectivity index (χ4n) is 3.00. The first-order valence-electron chi connectivity index (χ1n) is 9.70. The summed E-state index contributed by atoms with van der Waals surface area (Å²) in [5, 5.41) is 3.01. The average Bonchev–Trinajstić information content (AvgIpc) is 2.77. The molecule has 0 spiro atoms. The summed E-state index contributed by atoms with van der Waals surface area (Å²) in [5.74, 6) is 0.694. The Hall–Kier alpha value is -2.48. The molecule has 0 aliphatic rings. The third-order valence-corrected chi connectivity index (χ3v) is 7.71. The molecule has 3 aromatic rings. The van der Waals surface area contributed by atoms with Crippen LogP contribution in [0.25, 0.3) is 0 Å². The normalized spacial score (nSPS) is 11.2. The van der Waals surface area contributed by atoms with E-state index in [-0.39, 0.29) is 33.8 Å². The molecule has 0 saturated heterocycles. The van der Waals surface area contributed by atoms with Gasteiger partial charge < -0.3 is 5.32 Å². The highest BCUT2D eigenvalue weighted by Gasteiger charge is 2.24. The van der Waals surface area contributed by atoms with Crippen LogP contribution in [0.5, 0.6) is 0 Å². The van der Waals surface area contributed by atoms with Gasteiger partial charge in [0.1, 0.15) is 0 Å². The van der Waals surface area contributed by atoms with E-state index in [0.717, 1.165) is 5.56 Å². The van der Waals surface area contributed by atoms with Crippen LogP contribution in [0.15, 0.2) is 83.8 Å². The lowest BCUT2D eigenvalue weighted by Gasteiger charge is -2.23. The van der Waals surface area contributed by atoms with Gasteiger partial charge in [0, 0.05) is 12.3 Å². The van der Waals surface area contributed by atoms with Crippen LogP contribution in [0.4, 0.5) is 11.4 Å². The van der Waals surface area contributed by atoms with Crippen molar-refractivity contribution in [2.75, 3.05) is 21.9 Å². The Labute approximate surface area is 192 Å². The maximum Gasteiger partial charge on any atom is 0.264 e. The van der Waals surface area contributed by atoms with Gasteiger partial charge in [-0.15, -0.1) is 11.8 Å². The predicted octanol–water partition coefficient (Wildman–Crippen LogP) is 5.43. The standard InChI is InChI=1S/C23H23ClN2O3S2/c1-2-26(19-11-7-4-8-12-19)31(28,29)20-13-14-21(24)22(15-20)25-23(27)17-30-16-18-9-5-3-6-10-18/h3-15H,2,16-17H2,1H3,(H,25,27). The van der Waals surface area contributed by atoms with Crippen LogP contribution < -0.4 is 9.62 Å². The van der Waals surface area contributed by atoms with E-state index in [1.54, 1.807) is 31.2 Å². The number of sulfonamides is 1. The fourth-order valence-corrected chi connectivity index (χ4v) is 5.45. The van der Waals surface area contributed by atoms with Crippen molar-refractivity contribution in [2.24, 2.45) is 0 Å². The highest BCUT2D eigenvalue weighted by Crippen LogP contribution is 2.29. The van der Waals surface area contributed by atoms with E-state index in [2.05, 4.69) is 5.32 Å². The molecule has 0 bridgehead atoms. The van der Waals surface area contributed by atoms with Gasteiger partial charge in [0.05, 0.1) is 27.0 Å². The van der Waals surface area contributed by atoms with Gasteiger partial charge in [-0.25, -0.2) is 8.42 Å². The molecular weight excluding hydrogens is 452 g/mol. The second-order valence-electron chi connectivity index (χ2n) is 6.67. The first kappa shape index (κ1) is 23.2. The van der Waals surface area contributed by atoms with Crippen molar-refractivity contribution >= 4 is 50.7 Å². The van der Waals surface area contributed by atoms with Crippen LogP contribution in [0, 0.1) is 0 Å². The van der Waals surface area contributed by atoms with E-state index >= 15 is 0 Å². The zero-order valence-electron chi connectivity index (χ0n) is 17.0. The first-order chi connectivity index (χ1) is 14.9. The van der Waals surface area contributed by atoms with Crippen LogP contribution in [0.3, 0.4) is 0 Å². The molecule has 0 aromatic heterocycles. The van der Waals surface area contributed by atoms with E-state index < -0.39 is 10.0 Å². The predicted molar refractivity (Wildman–Crippen MR) is 129 cm³/mol. The van der Waals surface area contributed by atoms with Crippen molar-refractivity contribution in [2.45, 2.75) is 17.6 Å². The average molecular weight is 475 g/mol. The second kappa shape index (κ2) is 10.7. The molecule has 0 heterocycles. The second-order valence-corrected chi connectivity index (χ2v) is 9.93. The largest absolute Gasteiger partial charge is 0.324 e. The van der Waals surface area contributed by atoms with Gasteiger partial charge in [0.15, 0.2) is 0 Å². The third-order valence-electron chi connectivity index (χ3n) is 4.48. The molecule has 0 radical (unpaired) electrons. The number of hydrogen-bond acceptors (Lipinski definition) is 4. The minimum atomic E-state index is -3.81. The van der Waals surface area contributed by atoms with E-state index in [1.807, 2.05) is 36.4 Å². The van der Waals surface area contributed by atoms with Gasteiger partial charge in [-0.05, 0) is 42.8 Å². The lowest BCUT2D eigenvalue weighted by Crippen LogP contribution is -2.30. The summed E-state index contributed by atoms with van der Waals surface area (Å²) < 4.78 is 27.7. The number of thioether (sulfide) groups is 1. The molecule has 1 amide bonds. The Balaban J connectivity index is 1.72. The Morgan fingerprint density at radius 3 is 2.29 bits per heavy atom. The molecule has 0 fully saturated rings. The third kappa shape index (κ3) is 6.03. The Morgan fingerprint density at radius 2 is 1.65 bits per heavy atom. The van der Waals surface area contributed by atoms with Gasteiger partial charge in [-0.3, -0.25) is 9.10 Å². The number of hydrogen-bond donors (Lipinski definition) is 1. The van der Waals surface area contributed by atoms with Crippen molar-refractivity contribution in [3.8, 4) is 0 Å². The number of anilines is 2. The number of para-hydroxylation sites is 1. The van der Waals surface area contributed by atoms with E-state index in [0.29, 0.717) is 11.4 Å². The molecule has 0 unspecified atom stereocenters. The monoisotopic (exact) mass is 474 g/mol. The first-order valence-corrected chi connectivity index (χ1v) is 12.7. The summed E-state index contributed by atoms with van der Waals surface area (Å²) in [7, 11) is -3.81. The Bertz CT molecular complexity index is 1120. The molecule has 5 nitrogen and oxygen atoms in total. The smallest absolute Gasteiger partial charge is 0.264 e. The summed E-state index contributed by atoms with van der Waals surface area (Å²) in [4.78, 5) is 12.4. The molecule has 3 rings (SSSR count). The number of carbonyl (C=O) groups is 1. The number of halogens is 1. The molecule has 31 heavy (non-hydrogen) atoms. The lowest BCUT2D eigenvalue weighted by molar-refractivity contribution is -0.113. The van der Waals surface area contributed by atoms with E-state index in [9.17, 15) is 13.2 Å². The van der Waals surface area contributed by atoms with Gasteiger partial charge in [0.25, 0.3) is 10.0 Å². The van der Waals surface area contributed by atoms with Crippen LogP contribution in [-0.2, 0) is 20.6 Å². The van der Waals surface area contributed by atoms with Crippen molar-refractivity contribution in [1.82, 2.24) is 0 Å². The molecule has 0 atom stereocenters. The maximum absolute atomic E-state index is 13.2. The number of benzene rings is 3. The summed E-state index contributed by atoms with van der Waals surface area (Å²) in [6.07, 6.45) is 0. The molecule has 8 heteroatoms. The molecule has 3 aromatic carbocycles. The van der Waals surface area contributed by atoms with Crippen LogP contribution in [0.1, 0.15) is 12.5 Å². The molecule has 1 N–H and O–H groups in total. The minimum absolute atomic E-state index is 0.0647. The summed E-state index contributed by atoms with van der Waals surface area (Å²) in [6.45, 7) is 2.04. The lowest BCUT2D eigenvalue weighted by atomic mass is 10.2. The number of carbonyl (C=O) groups excluding carboxylic acids is 1. The van der Waals surface area contributed by atoms with Crippen LogP contribution in [0.2, 0.25) is 5.02 Å². The van der Waals surface area contributed by atoms with Crippen molar-refractivity contribution in [3.63, 3.8) is 0 Å².